The van der Waals surface area contributed by atoms with E-state index in [1.165, 1.54) is 23.5 Å². The molecule has 3 nitrogen and oxygen atoms in total. The Morgan fingerprint density at radius 2 is 1.82 bits per heavy atom. The summed E-state index contributed by atoms with van der Waals surface area (Å²) in [5.41, 5.74) is 5.53. The normalized spacial score (nSPS) is 11.0. The zero-order valence-electron chi connectivity index (χ0n) is 11.3. The molecule has 0 aliphatic carbocycles. The number of halogens is 2. The first-order valence-electron chi connectivity index (χ1n) is 6.47. The number of hydrogen-bond donors (Lipinski definition) is 1. The molecular weight excluding hydrogens is 321 g/mol. The van der Waals surface area contributed by atoms with Gasteiger partial charge in [-0.25, -0.2) is 9.37 Å². The minimum absolute atomic E-state index is 0.266. The van der Waals surface area contributed by atoms with Crippen molar-refractivity contribution in [2.45, 2.75) is 0 Å². The van der Waals surface area contributed by atoms with Crippen LogP contribution in [0.2, 0.25) is 5.02 Å². The highest BCUT2D eigenvalue weighted by Crippen LogP contribution is 2.25. The lowest BCUT2D eigenvalue weighted by Crippen LogP contribution is -1.90. The van der Waals surface area contributed by atoms with Gasteiger partial charge in [-0.1, -0.05) is 35.9 Å². The number of aromatic nitrogens is 1. The average molecular weight is 332 g/mol. The van der Waals surface area contributed by atoms with Gasteiger partial charge in [0.05, 0.1) is 11.9 Å². The Labute approximate surface area is 136 Å². The second-order valence-electron chi connectivity index (χ2n) is 4.47. The van der Waals surface area contributed by atoms with Crippen LogP contribution in [0.3, 0.4) is 0 Å². The summed E-state index contributed by atoms with van der Waals surface area (Å²) in [7, 11) is 0. The second-order valence-corrected chi connectivity index (χ2v) is 5.76. The largest absolute Gasteiger partial charge is 0.253 e. The molecule has 0 aliphatic rings. The predicted molar refractivity (Wildman–Crippen MR) is 90.2 cm³/mol. The van der Waals surface area contributed by atoms with E-state index in [9.17, 15) is 4.39 Å². The Kier molecular flexibility index (Phi) is 4.46. The average Bonchev–Trinajstić information content (AvgIpc) is 2.99. The molecule has 1 heterocycles. The van der Waals surface area contributed by atoms with Gasteiger partial charge in [-0.05, 0) is 29.8 Å². The first-order valence-corrected chi connectivity index (χ1v) is 7.72. The quantitative estimate of drug-likeness (QED) is 0.536. The molecule has 1 N–H and O–H groups in total. The Bertz CT molecular complexity index is 782. The number of thiazole rings is 1. The van der Waals surface area contributed by atoms with Crippen molar-refractivity contribution in [3.8, 4) is 11.3 Å². The van der Waals surface area contributed by atoms with E-state index in [2.05, 4.69) is 15.5 Å². The second kappa shape index (κ2) is 6.68. The zero-order chi connectivity index (χ0) is 15.4. The van der Waals surface area contributed by atoms with Crippen LogP contribution in [0.5, 0.6) is 0 Å². The third-order valence-corrected chi connectivity index (χ3v) is 3.89. The topological polar surface area (TPSA) is 37.3 Å². The summed E-state index contributed by atoms with van der Waals surface area (Å²) in [5.74, 6) is -0.266. The van der Waals surface area contributed by atoms with Gasteiger partial charge in [0.25, 0.3) is 0 Å². The minimum Gasteiger partial charge on any atom is -0.253 e. The molecule has 1 aromatic heterocycles. The van der Waals surface area contributed by atoms with E-state index >= 15 is 0 Å². The van der Waals surface area contributed by atoms with Gasteiger partial charge in [-0.15, -0.1) is 11.3 Å². The van der Waals surface area contributed by atoms with Crippen molar-refractivity contribution in [3.05, 3.63) is 70.3 Å². The van der Waals surface area contributed by atoms with E-state index in [4.69, 9.17) is 11.6 Å². The molecular formula is C16H11ClFN3S. The van der Waals surface area contributed by atoms with Gasteiger partial charge >= 0.3 is 0 Å². The summed E-state index contributed by atoms with van der Waals surface area (Å²) in [5, 5.41) is 7.41. The molecule has 0 unspecified atom stereocenters. The van der Waals surface area contributed by atoms with Crippen molar-refractivity contribution in [2.24, 2.45) is 5.10 Å². The molecule has 0 radical (unpaired) electrons. The molecule has 6 heteroatoms. The van der Waals surface area contributed by atoms with Crippen molar-refractivity contribution < 1.29 is 4.39 Å². The summed E-state index contributed by atoms with van der Waals surface area (Å²) in [6.45, 7) is 0. The third kappa shape index (κ3) is 3.69. The fourth-order valence-corrected chi connectivity index (χ4v) is 2.58. The number of rotatable bonds is 4. The summed E-state index contributed by atoms with van der Waals surface area (Å²) in [6.07, 6.45) is 1.61. The predicted octanol–water partition coefficient (Wildman–Crippen LogP) is 5.05. The van der Waals surface area contributed by atoms with Gasteiger partial charge in [0.15, 0.2) is 0 Å². The molecule has 0 spiro atoms. The van der Waals surface area contributed by atoms with Gasteiger partial charge in [0.1, 0.15) is 5.82 Å². The van der Waals surface area contributed by atoms with E-state index in [0.29, 0.717) is 10.2 Å². The summed E-state index contributed by atoms with van der Waals surface area (Å²) < 4.78 is 12.8. The Morgan fingerprint density at radius 3 is 2.55 bits per heavy atom. The molecule has 3 rings (SSSR count). The van der Waals surface area contributed by atoms with E-state index < -0.39 is 0 Å². The van der Waals surface area contributed by atoms with Crippen LogP contribution in [-0.2, 0) is 0 Å². The lowest BCUT2D eigenvalue weighted by Gasteiger charge is -1.96. The molecule has 3 aromatic rings. The van der Waals surface area contributed by atoms with Crippen LogP contribution >= 0.6 is 22.9 Å². The summed E-state index contributed by atoms with van der Waals surface area (Å²) in [6, 6.07) is 13.6. The van der Waals surface area contributed by atoms with E-state index in [1.807, 2.05) is 29.6 Å². The number of benzene rings is 2. The first-order chi connectivity index (χ1) is 10.7. The first kappa shape index (κ1) is 14.7. The molecule has 0 amide bonds. The van der Waals surface area contributed by atoms with Gasteiger partial charge in [0.2, 0.25) is 5.13 Å². The highest BCUT2D eigenvalue weighted by molar-refractivity contribution is 7.14. The number of nitrogens with one attached hydrogen (secondary N) is 1. The maximum Gasteiger partial charge on any atom is 0.203 e. The molecule has 0 aliphatic heterocycles. The highest BCUT2D eigenvalue weighted by atomic mass is 35.5. The van der Waals surface area contributed by atoms with Crippen LogP contribution in [0, 0.1) is 5.82 Å². The lowest BCUT2D eigenvalue weighted by molar-refractivity contribution is 0.628. The molecule has 110 valence electrons. The number of nitrogens with zero attached hydrogens (tertiary/aromatic N) is 2. The lowest BCUT2D eigenvalue weighted by atomic mass is 10.2. The van der Waals surface area contributed by atoms with Crippen molar-refractivity contribution in [2.75, 3.05) is 5.43 Å². The third-order valence-electron chi connectivity index (χ3n) is 2.89. The smallest absolute Gasteiger partial charge is 0.203 e. The number of hydrazone groups is 1. The van der Waals surface area contributed by atoms with Crippen LogP contribution in [0.1, 0.15) is 5.56 Å². The Hall–Kier alpha value is -2.24. The van der Waals surface area contributed by atoms with Gasteiger partial charge < -0.3 is 0 Å². The molecule has 0 saturated carbocycles. The Balaban J connectivity index is 1.66. The number of hydrogen-bond acceptors (Lipinski definition) is 4. The fourth-order valence-electron chi connectivity index (χ4n) is 1.79. The maximum atomic E-state index is 12.8. The van der Waals surface area contributed by atoms with Crippen LogP contribution in [-0.4, -0.2) is 11.2 Å². The standard InChI is InChI=1S/C16H11ClFN3S/c17-13-5-3-12(4-6-13)15-10-22-16(20-15)21-19-9-11-1-7-14(18)8-2-11/h1-10H,(H,20,21). The van der Waals surface area contributed by atoms with Crippen molar-refractivity contribution in [1.29, 1.82) is 0 Å². The molecule has 0 atom stereocenters. The zero-order valence-corrected chi connectivity index (χ0v) is 12.9. The van der Waals surface area contributed by atoms with Crippen LogP contribution in [0.25, 0.3) is 11.3 Å². The maximum absolute atomic E-state index is 12.8. The SMILES string of the molecule is Fc1ccc(C=NNc2nc(-c3ccc(Cl)cc3)cs2)cc1. The van der Waals surface area contributed by atoms with E-state index in [1.54, 1.807) is 18.3 Å². The van der Waals surface area contributed by atoms with Crippen molar-refractivity contribution >= 4 is 34.3 Å². The Morgan fingerprint density at radius 1 is 1.09 bits per heavy atom. The number of anilines is 1. The van der Waals surface area contributed by atoms with Gasteiger partial charge in [0, 0.05) is 16.0 Å². The molecule has 22 heavy (non-hydrogen) atoms. The van der Waals surface area contributed by atoms with Crippen LogP contribution in [0.4, 0.5) is 9.52 Å². The van der Waals surface area contributed by atoms with E-state index in [-0.39, 0.29) is 5.82 Å². The minimum atomic E-state index is -0.266. The van der Waals surface area contributed by atoms with Gasteiger partial charge in [-0.3, -0.25) is 5.43 Å². The van der Waals surface area contributed by atoms with Gasteiger partial charge in [-0.2, -0.15) is 5.10 Å². The summed E-state index contributed by atoms with van der Waals surface area (Å²) in [4.78, 5) is 4.45. The molecule has 2 aromatic carbocycles. The highest BCUT2D eigenvalue weighted by Gasteiger charge is 2.03. The molecule has 0 saturated heterocycles. The fraction of sp³-hybridized carbons (Fsp3) is 0. The van der Waals surface area contributed by atoms with Crippen molar-refractivity contribution in [1.82, 2.24) is 4.98 Å². The molecule has 0 fully saturated rings. The van der Waals surface area contributed by atoms with Crippen LogP contribution in [0.15, 0.2) is 59.0 Å². The van der Waals surface area contributed by atoms with Crippen molar-refractivity contribution in [3.63, 3.8) is 0 Å². The monoisotopic (exact) mass is 331 g/mol. The molecule has 0 bridgehead atoms. The summed E-state index contributed by atoms with van der Waals surface area (Å²) >= 11 is 7.33. The van der Waals surface area contributed by atoms with Crippen LogP contribution < -0.4 is 5.43 Å². The van der Waals surface area contributed by atoms with E-state index in [0.717, 1.165) is 16.8 Å².